The minimum atomic E-state index is 0. The summed E-state index contributed by atoms with van der Waals surface area (Å²) in [5.41, 5.74) is 5.95. The highest BCUT2D eigenvalue weighted by Gasteiger charge is 2.19. The zero-order chi connectivity index (χ0) is 19.7. The summed E-state index contributed by atoms with van der Waals surface area (Å²) in [5, 5.41) is 2.29. The first kappa shape index (κ1) is 21.1. The summed E-state index contributed by atoms with van der Waals surface area (Å²) in [6.45, 7) is 2.14. The van der Waals surface area contributed by atoms with Crippen molar-refractivity contribution in [3.05, 3.63) is 78.5 Å². The Labute approximate surface area is 188 Å². The minimum Gasteiger partial charge on any atom is -1.00 e. The van der Waals surface area contributed by atoms with E-state index in [2.05, 4.69) is 73.1 Å². The van der Waals surface area contributed by atoms with Crippen LogP contribution in [0.3, 0.4) is 0 Å². The van der Waals surface area contributed by atoms with Crippen LogP contribution in [0.4, 0.5) is 0 Å². The fourth-order valence-corrected chi connectivity index (χ4v) is 3.70. The molecule has 0 saturated carbocycles. The number of aryl methyl sites for hydroxylation is 1. The van der Waals surface area contributed by atoms with Gasteiger partial charge in [0.2, 0.25) is 5.69 Å². The van der Waals surface area contributed by atoms with Crippen molar-refractivity contribution in [3.8, 4) is 33.9 Å². The lowest BCUT2D eigenvalue weighted by atomic mass is 9.99. The first-order valence-corrected chi connectivity index (χ1v) is 9.33. The van der Waals surface area contributed by atoms with Crippen LogP contribution < -0.4 is 38.0 Å². The summed E-state index contributed by atoms with van der Waals surface area (Å²) in [4.78, 5) is 0. The number of halogens is 1. The topological polar surface area (TPSA) is 22.3 Å². The van der Waals surface area contributed by atoms with Gasteiger partial charge in [-0.05, 0) is 40.8 Å². The van der Waals surface area contributed by atoms with E-state index in [0.29, 0.717) is 0 Å². The summed E-state index contributed by atoms with van der Waals surface area (Å²) >= 11 is 0. The van der Waals surface area contributed by atoms with Crippen molar-refractivity contribution < 1.29 is 38.0 Å². The molecule has 4 rings (SSSR count). The van der Waals surface area contributed by atoms with E-state index in [9.17, 15) is 0 Å². The van der Waals surface area contributed by atoms with E-state index >= 15 is 0 Å². The van der Waals surface area contributed by atoms with Crippen molar-refractivity contribution in [1.82, 2.24) is 0 Å². The number of hydrogen-bond donors (Lipinski definition) is 0. The Morgan fingerprint density at radius 3 is 2.00 bits per heavy atom. The van der Waals surface area contributed by atoms with Gasteiger partial charge in [0.1, 0.15) is 7.05 Å². The van der Waals surface area contributed by atoms with Gasteiger partial charge in [0.25, 0.3) is 0 Å². The second-order valence-corrected chi connectivity index (χ2v) is 6.92. The van der Waals surface area contributed by atoms with E-state index in [4.69, 9.17) is 9.47 Å². The highest BCUT2D eigenvalue weighted by molar-refractivity contribution is 5.89. The van der Waals surface area contributed by atoms with Crippen LogP contribution in [0.15, 0.2) is 72.8 Å². The second kappa shape index (κ2) is 8.82. The Morgan fingerprint density at radius 1 is 0.690 bits per heavy atom. The van der Waals surface area contributed by atoms with Crippen LogP contribution in [-0.4, -0.2) is 14.2 Å². The molecule has 0 aliphatic rings. The van der Waals surface area contributed by atoms with Gasteiger partial charge in [-0.25, -0.2) is 0 Å². The molecule has 1 heterocycles. The zero-order valence-corrected chi connectivity index (χ0v) is 19.2. The summed E-state index contributed by atoms with van der Waals surface area (Å²) in [6.07, 6.45) is 0. The molecular formula is C25H24INO2. The van der Waals surface area contributed by atoms with Gasteiger partial charge < -0.3 is 33.5 Å². The predicted octanol–water partition coefficient (Wildman–Crippen LogP) is 2.33. The second-order valence-electron chi connectivity index (χ2n) is 6.92. The Hall–Kier alpha value is -2.60. The number of hydrogen-bond acceptors (Lipinski definition) is 2. The molecule has 0 atom stereocenters. The number of nitrogens with zero attached hydrogens (tertiary/aromatic N) is 1. The number of methoxy groups -OCH3 is 2. The number of fused-ring (bicyclic) bond motifs is 1. The Balaban J connectivity index is 0.00000240. The molecule has 0 N–H and O–H groups in total. The Bertz CT molecular complexity index is 1160. The maximum absolute atomic E-state index is 5.51. The van der Waals surface area contributed by atoms with Gasteiger partial charge in [0.05, 0.1) is 19.6 Å². The number of pyridine rings is 1. The van der Waals surface area contributed by atoms with E-state index in [-0.39, 0.29) is 24.0 Å². The van der Waals surface area contributed by atoms with Crippen LogP contribution in [0.25, 0.3) is 33.2 Å². The highest BCUT2D eigenvalue weighted by Crippen LogP contribution is 2.34. The molecule has 1 aromatic heterocycles. The highest BCUT2D eigenvalue weighted by atomic mass is 127. The molecule has 0 bridgehead atoms. The Kier molecular flexibility index (Phi) is 6.42. The lowest BCUT2D eigenvalue weighted by Gasteiger charge is -2.12. The summed E-state index contributed by atoms with van der Waals surface area (Å²) in [5.74, 6) is 1.49. The van der Waals surface area contributed by atoms with Crippen molar-refractivity contribution in [2.75, 3.05) is 14.2 Å². The molecule has 0 fully saturated rings. The third-order valence-corrected chi connectivity index (χ3v) is 5.37. The first-order valence-electron chi connectivity index (χ1n) is 9.33. The molecule has 0 radical (unpaired) electrons. The van der Waals surface area contributed by atoms with E-state index in [1.165, 1.54) is 22.4 Å². The summed E-state index contributed by atoms with van der Waals surface area (Å²) in [7, 11) is 5.45. The van der Waals surface area contributed by atoms with Gasteiger partial charge >= 0.3 is 0 Å². The number of benzene rings is 3. The molecule has 3 aromatic carbocycles. The van der Waals surface area contributed by atoms with Gasteiger partial charge in [-0.3, -0.25) is 0 Å². The van der Waals surface area contributed by atoms with E-state index in [1.54, 1.807) is 14.2 Å². The molecule has 0 saturated heterocycles. The molecule has 29 heavy (non-hydrogen) atoms. The molecule has 148 valence electrons. The fourth-order valence-electron chi connectivity index (χ4n) is 3.70. The first-order chi connectivity index (χ1) is 13.6. The van der Waals surface area contributed by atoms with E-state index in [1.807, 2.05) is 18.2 Å². The lowest BCUT2D eigenvalue weighted by molar-refractivity contribution is -0.665. The van der Waals surface area contributed by atoms with Crippen LogP contribution in [-0.2, 0) is 7.05 Å². The van der Waals surface area contributed by atoms with Crippen LogP contribution in [0.5, 0.6) is 11.5 Å². The largest absolute Gasteiger partial charge is 1.00 e. The standard InChI is InChI=1S/C25H24NO2.HI/c1-17-22-16-25(28-4)24(27-3)15-21(22)14-23(26(17)2)20-12-8-11-19(13-20)18-9-6-5-7-10-18;/h5-16H,1-4H3;1H/q+1;/p-1. The van der Waals surface area contributed by atoms with Crippen molar-refractivity contribution in [2.45, 2.75) is 6.92 Å². The smallest absolute Gasteiger partial charge is 0.213 e. The lowest BCUT2D eigenvalue weighted by Crippen LogP contribution is -3.00. The van der Waals surface area contributed by atoms with Gasteiger partial charge in [-0.1, -0.05) is 42.5 Å². The van der Waals surface area contributed by atoms with Crippen LogP contribution >= 0.6 is 0 Å². The molecule has 0 unspecified atom stereocenters. The van der Waals surface area contributed by atoms with Crippen molar-refractivity contribution in [1.29, 1.82) is 0 Å². The maximum Gasteiger partial charge on any atom is 0.213 e. The van der Waals surface area contributed by atoms with Crippen molar-refractivity contribution in [2.24, 2.45) is 7.05 Å². The normalized spacial score (nSPS) is 10.5. The van der Waals surface area contributed by atoms with Crippen molar-refractivity contribution in [3.63, 3.8) is 0 Å². The molecular weight excluding hydrogens is 473 g/mol. The molecule has 4 aromatic rings. The van der Waals surface area contributed by atoms with Crippen molar-refractivity contribution >= 4 is 10.8 Å². The molecule has 0 aliphatic carbocycles. The molecule has 4 heteroatoms. The average Bonchev–Trinajstić information content (AvgIpc) is 2.76. The Morgan fingerprint density at radius 2 is 1.31 bits per heavy atom. The fraction of sp³-hybridized carbons (Fsp3) is 0.160. The quantitative estimate of drug-likeness (QED) is 0.319. The summed E-state index contributed by atoms with van der Waals surface area (Å²) < 4.78 is 13.2. The molecule has 0 amide bonds. The number of aromatic nitrogens is 1. The van der Waals surface area contributed by atoms with Crippen LogP contribution in [0, 0.1) is 6.92 Å². The predicted molar refractivity (Wildman–Crippen MR) is 114 cm³/mol. The zero-order valence-electron chi connectivity index (χ0n) is 17.1. The minimum absolute atomic E-state index is 0. The average molecular weight is 497 g/mol. The van der Waals surface area contributed by atoms with E-state index < -0.39 is 0 Å². The number of ether oxygens (including phenoxy) is 2. The third-order valence-electron chi connectivity index (χ3n) is 5.37. The SMILES string of the molecule is COc1cc2cc(-c3cccc(-c4ccccc4)c3)[n+](C)c(C)c2cc1OC.[I-]. The third kappa shape index (κ3) is 3.94. The maximum atomic E-state index is 5.51. The molecule has 0 spiro atoms. The van der Waals surface area contributed by atoms with Gasteiger partial charge in [-0.2, -0.15) is 4.57 Å². The molecule has 3 nitrogen and oxygen atoms in total. The van der Waals surface area contributed by atoms with E-state index in [0.717, 1.165) is 28.0 Å². The summed E-state index contributed by atoms with van der Waals surface area (Å²) in [6, 6.07) is 25.5. The van der Waals surface area contributed by atoms with Crippen LogP contribution in [0.1, 0.15) is 5.69 Å². The monoisotopic (exact) mass is 497 g/mol. The number of rotatable bonds is 4. The molecule has 0 aliphatic heterocycles. The van der Waals surface area contributed by atoms with Crippen LogP contribution in [0.2, 0.25) is 0 Å². The van der Waals surface area contributed by atoms with Gasteiger partial charge in [-0.15, -0.1) is 0 Å². The van der Waals surface area contributed by atoms with Gasteiger partial charge in [0.15, 0.2) is 17.2 Å². The van der Waals surface area contributed by atoms with Gasteiger partial charge in [0, 0.05) is 18.6 Å².